The third-order valence-electron chi connectivity index (χ3n) is 3.35. The minimum absolute atomic E-state index is 1.10. The summed E-state index contributed by atoms with van der Waals surface area (Å²) < 4.78 is 0. The van der Waals surface area contributed by atoms with Crippen molar-refractivity contribution in [2.24, 2.45) is 0 Å². The zero-order chi connectivity index (χ0) is 13.8. The van der Waals surface area contributed by atoms with E-state index in [-0.39, 0.29) is 0 Å². The summed E-state index contributed by atoms with van der Waals surface area (Å²) in [5, 5.41) is 3.37. The number of fused-ring (bicyclic) bond motifs is 1. The number of hydrogen-bond donors (Lipinski definition) is 1. The summed E-state index contributed by atoms with van der Waals surface area (Å²) in [4.78, 5) is 0. The third-order valence-corrected chi connectivity index (χ3v) is 3.35. The van der Waals surface area contributed by atoms with Crippen LogP contribution in [0.1, 0.15) is 18.1 Å². The fourth-order valence-electron chi connectivity index (χ4n) is 2.31. The Morgan fingerprint density at radius 2 is 1.60 bits per heavy atom. The fourth-order valence-corrected chi connectivity index (χ4v) is 2.31. The average Bonchev–Trinajstić information content (AvgIpc) is 2.66. The maximum atomic E-state index is 3.37. The minimum atomic E-state index is 1.10. The van der Waals surface area contributed by atoms with Crippen LogP contribution in [0.2, 0.25) is 0 Å². The normalized spacial score (nSPS) is 15.4. The molecule has 0 saturated heterocycles. The second-order valence-corrected chi connectivity index (χ2v) is 4.92. The molecular weight excluding hydrogens is 242 g/mol. The largest absolute Gasteiger partial charge is 0.361 e. The number of para-hydroxylation sites is 1. The van der Waals surface area contributed by atoms with E-state index in [1.807, 2.05) is 18.2 Å². The third kappa shape index (κ3) is 2.72. The Labute approximate surface area is 120 Å². The molecule has 1 heteroatoms. The number of anilines is 1. The molecule has 2 aromatic carbocycles. The van der Waals surface area contributed by atoms with Crippen molar-refractivity contribution in [3.8, 4) is 0 Å². The van der Waals surface area contributed by atoms with Crippen molar-refractivity contribution >= 4 is 17.3 Å². The van der Waals surface area contributed by atoms with Crippen molar-refractivity contribution in [1.82, 2.24) is 0 Å². The Balaban J connectivity index is 1.98. The molecule has 0 atom stereocenters. The van der Waals surface area contributed by atoms with Gasteiger partial charge in [-0.3, -0.25) is 0 Å². The van der Waals surface area contributed by atoms with Crippen LogP contribution in [0.4, 0.5) is 5.69 Å². The summed E-state index contributed by atoms with van der Waals surface area (Å²) in [7, 11) is 0. The van der Waals surface area contributed by atoms with Gasteiger partial charge in [-0.1, -0.05) is 60.2 Å². The van der Waals surface area contributed by atoms with Gasteiger partial charge in [0.2, 0.25) is 0 Å². The summed E-state index contributed by atoms with van der Waals surface area (Å²) in [6, 6.07) is 18.7. The quantitative estimate of drug-likeness (QED) is 0.790. The molecule has 0 saturated carbocycles. The number of allylic oxidation sites excluding steroid dienone is 4. The molecule has 0 spiro atoms. The lowest BCUT2D eigenvalue weighted by molar-refractivity contribution is 1.52. The summed E-state index contributed by atoms with van der Waals surface area (Å²) in [5.74, 6) is 0. The summed E-state index contributed by atoms with van der Waals surface area (Å²) >= 11 is 0. The Hall–Kier alpha value is -2.54. The van der Waals surface area contributed by atoms with Crippen LogP contribution < -0.4 is 5.32 Å². The van der Waals surface area contributed by atoms with E-state index in [1.54, 1.807) is 0 Å². The Morgan fingerprint density at radius 3 is 2.45 bits per heavy atom. The van der Waals surface area contributed by atoms with Gasteiger partial charge >= 0.3 is 0 Å². The highest BCUT2D eigenvalue weighted by molar-refractivity contribution is 5.84. The molecule has 0 bridgehead atoms. The van der Waals surface area contributed by atoms with Gasteiger partial charge < -0.3 is 5.32 Å². The van der Waals surface area contributed by atoms with E-state index in [0.717, 1.165) is 5.69 Å². The van der Waals surface area contributed by atoms with E-state index in [4.69, 9.17) is 0 Å². The van der Waals surface area contributed by atoms with Gasteiger partial charge in [0.25, 0.3) is 0 Å². The smallest absolute Gasteiger partial charge is 0.0379 e. The zero-order valence-electron chi connectivity index (χ0n) is 11.5. The predicted molar refractivity (Wildman–Crippen MR) is 87.3 cm³/mol. The first kappa shape index (κ1) is 12.5. The van der Waals surface area contributed by atoms with Gasteiger partial charge in [0.15, 0.2) is 0 Å². The lowest BCUT2D eigenvalue weighted by Crippen LogP contribution is -1.92. The van der Waals surface area contributed by atoms with Gasteiger partial charge in [-0.2, -0.15) is 0 Å². The second-order valence-electron chi connectivity index (χ2n) is 4.92. The first-order valence-corrected chi connectivity index (χ1v) is 6.80. The molecule has 0 unspecified atom stereocenters. The maximum absolute atomic E-state index is 3.37. The predicted octanol–water partition coefficient (Wildman–Crippen LogP) is 5.11. The van der Waals surface area contributed by atoms with Crippen LogP contribution in [0, 0.1) is 0 Å². The Morgan fingerprint density at radius 1 is 0.850 bits per heavy atom. The van der Waals surface area contributed by atoms with Crippen LogP contribution >= 0.6 is 0 Å². The topological polar surface area (TPSA) is 12.0 Å². The SMILES string of the molecule is CC1=C/C(=C/Nc2ccccc2)c2ccccc2C=C1. The molecule has 1 aliphatic carbocycles. The number of benzene rings is 2. The van der Waals surface area contributed by atoms with E-state index >= 15 is 0 Å². The number of hydrogen-bond acceptors (Lipinski definition) is 1. The Bertz CT molecular complexity index is 691. The second kappa shape index (κ2) is 5.62. The highest BCUT2D eigenvalue weighted by atomic mass is 14.8. The molecule has 1 nitrogen and oxygen atoms in total. The van der Waals surface area contributed by atoms with E-state index in [1.165, 1.54) is 22.3 Å². The first-order chi connectivity index (χ1) is 9.83. The van der Waals surface area contributed by atoms with Crippen molar-refractivity contribution in [1.29, 1.82) is 0 Å². The highest BCUT2D eigenvalue weighted by Crippen LogP contribution is 2.26. The average molecular weight is 259 g/mol. The van der Waals surface area contributed by atoms with Crippen molar-refractivity contribution < 1.29 is 0 Å². The van der Waals surface area contributed by atoms with Crippen molar-refractivity contribution in [2.75, 3.05) is 5.32 Å². The standard InChI is InChI=1S/C19H17N/c1-15-11-12-16-7-5-6-10-19(16)17(13-15)14-20-18-8-3-2-4-9-18/h2-14,20H,1H3/b17-14-. The van der Waals surface area contributed by atoms with Gasteiger partial charge in [0.05, 0.1) is 0 Å². The molecule has 1 aliphatic rings. The van der Waals surface area contributed by atoms with E-state index in [0.29, 0.717) is 0 Å². The van der Waals surface area contributed by atoms with Gasteiger partial charge in [-0.05, 0) is 41.8 Å². The molecule has 0 aliphatic heterocycles. The lowest BCUT2D eigenvalue weighted by Gasteiger charge is -2.08. The van der Waals surface area contributed by atoms with Crippen molar-refractivity contribution in [2.45, 2.75) is 6.92 Å². The van der Waals surface area contributed by atoms with E-state index < -0.39 is 0 Å². The van der Waals surface area contributed by atoms with Gasteiger partial charge in [0, 0.05) is 11.9 Å². The summed E-state index contributed by atoms with van der Waals surface area (Å²) in [6.45, 7) is 2.12. The molecule has 0 amide bonds. The molecule has 0 aromatic heterocycles. The van der Waals surface area contributed by atoms with Crippen LogP contribution in [0.3, 0.4) is 0 Å². The lowest BCUT2D eigenvalue weighted by atomic mass is 10.0. The summed E-state index contributed by atoms with van der Waals surface area (Å²) in [6.07, 6.45) is 8.61. The molecule has 1 N–H and O–H groups in total. The first-order valence-electron chi connectivity index (χ1n) is 6.80. The minimum Gasteiger partial charge on any atom is -0.361 e. The molecule has 0 heterocycles. The fraction of sp³-hybridized carbons (Fsp3) is 0.0526. The number of rotatable bonds is 2. The Kier molecular flexibility index (Phi) is 3.51. The monoisotopic (exact) mass is 259 g/mol. The van der Waals surface area contributed by atoms with Crippen LogP contribution in [0.25, 0.3) is 11.6 Å². The van der Waals surface area contributed by atoms with Crippen molar-refractivity contribution in [3.63, 3.8) is 0 Å². The van der Waals surface area contributed by atoms with Crippen LogP contribution in [-0.4, -0.2) is 0 Å². The number of nitrogens with one attached hydrogen (secondary N) is 1. The van der Waals surface area contributed by atoms with Crippen molar-refractivity contribution in [3.05, 3.63) is 89.6 Å². The molecule has 20 heavy (non-hydrogen) atoms. The molecule has 0 radical (unpaired) electrons. The van der Waals surface area contributed by atoms with Crippen LogP contribution in [-0.2, 0) is 0 Å². The molecule has 0 fully saturated rings. The molecule has 3 rings (SSSR count). The molecular formula is C19H17N. The molecule has 2 aromatic rings. The molecule has 98 valence electrons. The van der Waals surface area contributed by atoms with Crippen LogP contribution in [0.5, 0.6) is 0 Å². The van der Waals surface area contributed by atoms with Gasteiger partial charge in [-0.25, -0.2) is 0 Å². The van der Waals surface area contributed by atoms with E-state index in [2.05, 4.69) is 73.1 Å². The summed E-state index contributed by atoms with van der Waals surface area (Å²) in [5.41, 5.74) is 6.06. The maximum Gasteiger partial charge on any atom is 0.0379 e. The zero-order valence-corrected chi connectivity index (χ0v) is 11.5. The van der Waals surface area contributed by atoms with Gasteiger partial charge in [-0.15, -0.1) is 0 Å². The van der Waals surface area contributed by atoms with E-state index in [9.17, 15) is 0 Å². The van der Waals surface area contributed by atoms with Gasteiger partial charge in [0.1, 0.15) is 0 Å². The van der Waals surface area contributed by atoms with Crippen LogP contribution in [0.15, 0.2) is 78.5 Å². The highest BCUT2D eigenvalue weighted by Gasteiger charge is 2.06.